The third-order valence-corrected chi connectivity index (χ3v) is 4.10. The SMILES string of the molecule is C=CCNC(=O)C(=O)C(CCCCF)NC(=O)C1CCCN1C(C)=O. The Labute approximate surface area is 147 Å². The molecule has 25 heavy (non-hydrogen) atoms. The first kappa shape index (κ1) is 20.8. The van der Waals surface area contributed by atoms with Gasteiger partial charge in [-0.05, 0) is 32.1 Å². The molecule has 140 valence electrons. The second-order valence-corrected chi connectivity index (χ2v) is 5.98. The maximum Gasteiger partial charge on any atom is 0.289 e. The number of unbranched alkanes of at least 4 members (excludes halogenated alkanes) is 1. The standard InChI is InChI=1S/C17H26FN3O4/c1-3-10-19-17(25)15(23)13(7-4-5-9-18)20-16(24)14-8-6-11-21(14)12(2)22/h3,13-14H,1,4-11H2,2H3,(H,19,25)(H,20,24). The number of alkyl halides is 1. The van der Waals surface area contributed by atoms with Crippen molar-refractivity contribution in [3.05, 3.63) is 12.7 Å². The van der Waals surface area contributed by atoms with Gasteiger partial charge in [-0.3, -0.25) is 23.6 Å². The Morgan fingerprint density at radius 2 is 2.04 bits per heavy atom. The fourth-order valence-corrected chi connectivity index (χ4v) is 2.81. The van der Waals surface area contributed by atoms with Crippen LogP contribution in [0.25, 0.3) is 0 Å². The predicted octanol–water partition coefficient (Wildman–Crippen LogP) is 0.493. The van der Waals surface area contributed by atoms with Crippen LogP contribution < -0.4 is 10.6 Å². The van der Waals surface area contributed by atoms with Crippen LogP contribution in [0, 0.1) is 0 Å². The highest BCUT2D eigenvalue weighted by molar-refractivity contribution is 6.38. The van der Waals surface area contributed by atoms with Gasteiger partial charge in [0.05, 0.1) is 12.7 Å². The van der Waals surface area contributed by atoms with E-state index in [1.54, 1.807) is 0 Å². The maximum atomic E-state index is 12.5. The summed E-state index contributed by atoms with van der Waals surface area (Å²) in [6.07, 6.45) is 3.44. The van der Waals surface area contributed by atoms with Gasteiger partial charge in [-0.2, -0.15) is 0 Å². The Morgan fingerprint density at radius 1 is 1.32 bits per heavy atom. The van der Waals surface area contributed by atoms with Crippen LogP contribution in [-0.2, 0) is 19.2 Å². The van der Waals surface area contributed by atoms with Crippen LogP contribution in [0.15, 0.2) is 12.7 Å². The van der Waals surface area contributed by atoms with Crippen molar-refractivity contribution in [1.82, 2.24) is 15.5 Å². The Balaban J connectivity index is 2.76. The van der Waals surface area contributed by atoms with Gasteiger partial charge in [0, 0.05) is 20.0 Å². The number of halogens is 1. The minimum absolute atomic E-state index is 0.135. The second-order valence-electron chi connectivity index (χ2n) is 5.98. The molecule has 0 radical (unpaired) electrons. The molecule has 0 saturated carbocycles. The van der Waals surface area contributed by atoms with Crippen LogP contribution in [0.1, 0.15) is 39.0 Å². The molecule has 1 heterocycles. The molecule has 0 bridgehead atoms. The van der Waals surface area contributed by atoms with Crippen molar-refractivity contribution in [3.8, 4) is 0 Å². The number of nitrogens with one attached hydrogen (secondary N) is 2. The summed E-state index contributed by atoms with van der Waals surface area (Å²) < 4.78 is 12.3. The van der Waals surface area contributed by atoms with Gasteiger partial charge in [0.15, 0.2) is 0 Å². The first-order chi connectivity index (χ1) is 11.9. The Morgan fingerprint density at radius 3 is 2.64 bits per heavy atom. The molecule has 1 fully saturated rings. The molecule has 7 nitrogen and oxygen atoms in total. The molecule has 2 N–H and O–H groups in total. The molecule has 3 amide bonds. The monoisotopic (exact) mass is 355 g/mol. The van der Waals surface area contributed by atoms with Crippen molar-refractivity contribution in [2.75, 3.05) is 19.8 Å². The van der Waals surface area contributed by atoms with Crippen LogP contribution >= 0.6 is 0 Å². The van der Waals surface area contributed by atoms with E-state index in [1.165, 1.54) is 17.9 Å². The van der Waals surface area contributed by atoms with Crippen molar-refractivity contribution in [2.45, 2.75) is 51.1 Å². The van der Waals surface area contributed by atoms with E-state index >= 15 is 0 Å². The zero-order chi connectivity index (χ0) is 18.8. The first-order valence-corrected chi connectivity index (χ1v) is 8.48. The lowest BCUT2D eigenvalue weighted by Gasteiger charge is -2.25. The van der Waals surface area contributed by atoms with Crippen LogP contribution in [0.5, 0.6) is 0 Å². The molecule has 0 spiro atoms. The highest BCUT2D eigenvalue weighted by Gasteiger charge is 2.35. The van der Waals surface area contributed by atoms with E-state index in [2.05, 4.69) is 17.2 Å². The number of Topliss-reactive ketones (excluding diaryl/α,β-unsaturated/α-hetero) is 1. The summed E-state index contributed by atoms with van der Waals surface area (Å²) in [5.74, 6) is -2.26. The van der Waals surface area contributed by atoms with Crippen LogP contribution in [0.2, 0.25) is 0 Å². The summed E-state index contributed by atoms with van der Waals surface area (Å²) in [7, 11) is 0. The summed E-state index contributed by atoms with van der Waals surface area (Å²) in [4.78, 5) is 49.6. The molecule has 2 atom stereocenters. The van der Waals surface area contributed by atoms with E-state index in [-0.39, 0.29) is 25.3 Å². The van der Waals surface area contributed by atoms with Gasteiger partial charge in [-0.15, -0.1) is 6.58 Å². The molecular formula is C17H26FN3O4. The number of hydrogen-bond donors (Lipinski definition) is 2. The van der Waals surface area contributed by atoms with Gasteiger partial charge in [0.2, 0.25) is 17.6 Å². The average Bonchev–Trinajstić information content (AvgIpc) is 3.08. The minimum atomic E-state index is -1.03. The highest BCUT2D eigenvalue weighted by Crippen LogP contribution is 2.18. The Hall–Kier alpha value is -2.25. The van der Waals surface area contributed by atoms with Crippen molar-refractivity contribution in [2.24, 2.45) is 0 Å². The molecule has 0 aromatic carbocycles. The minimum Gasteiger partial charge on any atom is -0.346 e. The van der Waals surface area contributed by atoms with Crippen molar-refractivity contribution in [1.29, 1.82) is 0 Å². The fourth-order valence-electron chi connectivity index (χ4n) is 2.81. The van der Waals surface area contributed by atoms with Crippen molar-refractivity contribution in [3.63, 3.8) is 0 Å². The number of ketones is 1. The lowest BCUT2D eigenvalue weighted by Crippen LogP contribution is -2.53. The molecule has 1 aliphatic rings. The maximum absolute atomic E-state index is 12.5. The van der Waals surface area contributed by atoms with Gasteiger partial charge in [-0.1, -0.05) is 6.08 Å². The zero-order valence-corrected chi connectivity index (χ0v) is 14.6. The summed E-state index contributed by atoms with van der Waals surface area (Å²) in [6.45, 7) is 4.93. The van der Waals surface area contributed by atoms with Gasteiger partial charge in [-0.25, -0.2) is 0 Å². The molecule has 0 aromatic rings. The molecule has 1 rings (SSSR count). The third kappa shape index (κ3) is 6.28. The molecule has 0 aliphatic carbocycles. The van der Waals surface area contributed by atoms with Crippen LogP contribution in [0.3, 0.4) is 0 Å². The second kappa shape index (κ2) is 10.6. The topological polar surface area (TPSA) is 95.6 Å². The lowest BCUT2D eigenvalue weighted by molar-refractivity contribution is -0.141. The normalized spacial score (nSPS) is 17.7. The summed E-state index contributed by atoms with van der Waals surface area (Å²) in [5, 5.41) is 4.94. The predicted molar refractivity (Wildman–Crippen MR) is 90.4 cm³/mol. The van der Waals surface area contributed by atoms with Crippen molar-refractivity contribution >= 4 is 23.5 Å². The van der Waals surface area contributed by atoms with E-state index in [9.17, 15) is 23.6 Å². The van der Waals surface area contributed by atoms with Crippen molar-refractivity contribution < 1.29 is 23.6 Å². The Kier molecular flexibility index (Phi) is 8.80. The summed E-state index contributed by atoms with van der Waals surface area (Å²) >= 11 is 0. The number of nitrogens with zero attached hydrogens (tertiary/aromatic N) is 1. The summed E-state index contributed by atoms with van der Waals surface area (Å²) in [5.41, 5.74) is 0. The number of likely N-dealkylation sites (tertiary alicyclic amines) is 1. The molecule has 2 unspecified atom stereocenters. The molecular weight excluding hydrogens is 329 g/mol. The van der Waals surface area contributed by atoms with E-state index in [0.717, 1.165) is 0 Å². The Bertz CT molecular complexity index is 524. The molecule has 8 heteroatoms. The van der Waals surface area contributed by atoms with Gasteiger partial charge < -0.3 is 15.5 Å². The zero-order valence-electron chi connectivity index (χ0n) is 14.6. The number of carbonyl (C=O) groups excluding carboxylic acids is 4. The van der Waals surface area contributed by atoms with E-state index in [0.29, 0.717) is 25.8 Å². The lowest BCUT2D eigenvalue weighted by atomic mass is 10.0. The number of rotatable bonds is 10. The van der Waals surface area contributed by atoms with Gasteiger partial charge in [0.25, 0.3) is 5.91 Å². The number of hydrogen-bond acceptors (Lipinski definition) is 4. The highest BCUT2D eigenvalue weighted by atomic mass is 19.1. The quantitative estimate of drug-likeness (QED) is 0.339. The van der Waals surface area contributed by atoms with Gasteiger partial charge in [0.1, 0.15) is 6.04 Å². The van der Waals surface area contributed by atoms with E-state index in [1.807, 2.05) is 0 Å². The number of carbonyl (C=O) groups is 4. The fraction of sp³-hybridized carbons (Fsp3) is 0.647. The van der Waals surface area contributed by atoms with E-state index in [4.69, 9.17) is 0 Å². The number of amides is 3. The molecule has 1 aliphatic heterocycles. The van der Waals surface area contributed by atoms with Crippen LogP contribution in [-0.4, -0.2) is 60.3 Å². The van der Waals surface area contributed by atoms with E-state index < -0.39 is 36.4 Å². The largest absolute Gasteiger partial charge is 0.346 e. The molecule has 1 saturated heterocycles. The average molecular weight is 355 g/mol. The third-order valence-electron chi connectivity index (χ3n) is 4.10. The smallest absolute Gasteiger partial charge is 0.289 e. The van der Waals surface area contributed by atoms with Crippen LogP contribution in [0.4, 0.5) is 4.39 Å². The first-order valence-electron chi connectivity index (χ1n) is 8.48. The molecule has 0 aromatic heterocycles. The summed E-state index contributed by atoms with van der Waals surface area (Å²) in [6, 6.07) is -1.66. The van der Waals surface area contributed by atoms with Gasteiger partial charge >= 0.3 is 0 Å².